The normalized spacial score (nSPS) is 13.0. The molecule has 0 fully saturated rings. The molecule has 1 atom stereocenters. The number of hydrogen-bond acceptors (Lipinski definition) is 6. The lowest BCUT2D eigenvalue weighted by Gasteiger charge is -2.21. The molecule has 1 aromatic carbocycles. The second-order valence-electron chi connectivity index (χ2n) is 11.0. The maximum absolute atomic E-state index is 13.8. The van der Waals surface area contributed by atoms with Crippen LogP contribution in [0.15, 0.2) is 43.2 Å². The number of aryl methyl sites for hydroxylation is 1. The standard InChI is InChI=1S/C29H38F4N6O2/c1-19(29(31,32)33)26-23-9-6-10-25(36-22(15-30)11-13-38(4)5)24(23)14-21(37-26)8-7-12-34-27(40)20-16-35-39(17-20)18-28(2,3)41/h6,9-10,14,16-17,22,36,41H,1,7-8,11-13,15,18H2,2-5H3,(H,34,40)/t22-/m1/s1. The fourth-order valence-corrected chi connectivity index (χ4v) is 4.31. The summed E-state index contributed by atoms with van der Waals surface area (Å²) < 4.78 is 56.4. The van der Waals surface area contributed by atoms with E-state index in [-0.39, 0.29) is 36.5 Å². The molecule has 0 aliphatic rings. The van der Waals surface area contributed by atoms with Gasteiger partial charge < -0.3 is 20.6 Å². The minimum atomic E-state index is -4.68. The number of nitrogens with zero attached hydrogens (tertiary/aromatic N) is 4. The topological polar surface area (TPSA) is 95.3 Å². The van der Waals surface area contributed by atoms with Gasteiger partial charge in [0.2, 0.25) is 0 Å². The number of carbonyl (C=O) groups excluding carboxylic acids is 1. The fraction of sp³-hybridized carbons (Fsp3) is 0.483. The van der Waals surface area contributed by atoms with Crippen molar-refractivity contribution in [2.75, 3.05) is 39.2 Å². The summed E-state index contributed by atoms with van der Waals surface area (Å²) in [5.74, 6) is -0.355. The average molecular weight is 579 g/mol. The minimum absolute atomic E-state index is 0.220. The van der Waals surface area contributed by atoms with Crippen LogP contribution >= 0.6 is 0 Å². The summed E-state index contributed by atoms with van der Waals surface area (Å²) in [6.45, 7) is 7.00. The second-order valence-corrected chi connectivity index (χ2v) is 11.0. The number of alkyl halides is 4. The van der Waals surface area contributed by atoms with Crippen LogP contribution in [0, 0.1) is 0 Å². The van der Waals surface area contributed by atoms with E-state index in [0.717, 1.165) is 0 Å². The van der Waals surface area contributed by atoms with Gasteiger partial charge in [-0.1, -0.05) is 18.7 Å². The highest BCUT2D eigenvalue weighted by Gasteiger charge is 2.35. The summed E-state index contributed by atoms with van der Waals surface area (Å²) in [7, 11) is 3.76. The molecule has 224 valence electrons. The summed E-state index contributed by atoms with van der Waals surface area (Å²) in [6, 6.07) is 6.06. The van der Waals surface area contributed by atoms with Gasteiger partial charge in [-0.05, 0) is 65.9 Å². The van der Waals surface area contributed by atoms with Gasteiger partial charge in [0.15, 0.2) is 0 Å². The van der Waals surface area contributed by atoms with Gasteiger partial charge >= 0.3 is 6.18 Å². The van der Waals surface area contributed by atoms with Crippen molar-refractivity contribution in [3.8, 4) is 0 Å². The van der Waals surface area contributed by atoms with E-state index in [1.165, 1.54) is 17.1 Å². The van der Waals surface area contributed by atoms with E-state index in [9.17, 15) is 27.5 Å². The largest absolute Gasteiger partial charge is 0.417 e. The highest BCUT2D eigenvalue weighted by molar-refractivity contribution is 6.00. The van der Waals surface area contributed by atoms with Gasteiger partial charge in [-0.2, -0.15) is 18.3 Å². The smallest absolute Gasteiger partial charge is 0.389 e. The first-order chi connectivity index (χ1) is 19.2. The van der Waals surface area contributed by atoms with E-state index >= 15 is 0 Å². The summed E-state index contributed by atoms with van der Waals surface area (Å²) in [5.41, 5.74) is -1.09. The highest BCUT2D eigenvalue weighted by atomic mass is 19.4. The lowest BCUT2D eigenvalue weighted by Crippen LogP contribution is -2.27. The van der Waals surface area contributed by atoms with Gasteiger partial charge in [0, 0.05) is 34.9 Å². The molecular weight excluding hydrogens is 540 g/mol. The Morgan fingerprint density at radius 2 is 1.95 bits per heavy atom. The number of fused-ring (bicyclic) bond motifs is 1. The molecule has 0 aliphatic heterocycles. The van der Waals surface area contributed by atoms with Gasteiger partial charge in [-0.3, -0.25) is 14.5 Å². The predicted octanol–water partition coefficient (Wildman–Crippen LogP) is 4.84. The first kappa shape index (κ1) is 32.0. The zero-order chi connectivity index (χ0) is 30.4. The Morgan fingerprint density at radius 3 is 2.59 bits per heavy atom. The third-order valence-electron chi connectivity index (χ3n) is 6.37. The molecule has 3 rings (SSSR count). The van der Waals surface area contributed by atoms with Gasteiger partial charge in [0.1, 0.15) is 6.67 Å². The molecule has 2 heterocycles. The molecule has 0 saturated heterocycles. The van der Waals surface area contributed by atoms with Gasteiger partial charge in [0.05, 0.1) is 41.2 Å². The fourth-order valence-electron chi connectivity index (χ4n) is 4.31. The van der Waals surface area contributed by atoms with Crippen molar-refractivity contribution in [1.29, 1.82) is 0 Å². The number of aliphatic hydroxyl groups is 1. The van der Waals surface area contributed by atoms with E-state index in [0.29, 0.717) is 41.7 Å². The van der Waals surface area contributed by atoms with E-state index in [4.69, 9.17) is 0 Å². The third kappa shape index (κ3) is 9.25. The molecule has 0 aliphatic carbocycles. The molecule has 0 saturated carbocycles. The summed E-state index contributed by atoms with van der Waals surface area (Å²) in [5, 5.41) is 20.7. The van der Waals surface area contributed by atoms with Crippen LogP contribution in [-0.4, -0.2) is 82.4 Å². The van der Waals surface area contributed by atoms with Crippen molar-refractivity contribution < 1.29 is 27.5 Å². The van der Waals surface area contributed by atoms with Crippen LogP contribution in [0.1, 0.15) is 48.4 Å². The molecule has 0 spiro atoms. The van der Waals surface area contributed by atoms with Crippen molar-refractivity contribution in [2.24, 2.45) is 0 Å². The summed E-state index contributed by atoms with van der Waals surface area (Å²) in [4.78, 5) is 18.7. The molecule has 2 aromatic heterocycles. The second kappa shape index (κ2) is 13.4. The molecule has 8 nitrogen and oxygen atoms in total. The lowest BCUT2D eigenvalue weighted by molar-refractivity contribution is -0.0688. The quantitative estimate of drug-likeness (QED) is 0.187. The Balaban J connectivity index is 1.79. The molecule has 12 heteroatoms. The van der Waals surface area contributed by atoms with E-state index in [1.54, 1.807) is 38.1 Å². The number of aromatic nitrogens is 3. The average Bonchev–Trinajstić information content (AvgIpc) is 3.34. The molecule has 41 heavy (non-hydrogen) atoms. The number of rotatable bonds is 14. The van der Waals surface area contributed by atoms with E-state index in [1.807, 2.05) is 19.0 Å². The van der Waals surface area contributed by atoms with Gasteiger partial charge in [0.25, 0.3) is 5.91 Å². The Morgan fingerprint density at radius 1 is 1.22 bits per heavy atom. The Labute approximate surface area is 237 Å². The van der Waals surface area contributed by atoms with Crippen molar-refractivity contribution in [1.82, 2.24) is 25.0 Å². The minimum Gasteiger partial charge on any atom is -0.389 e. The molecular formula is C29H38F4N6O2. The lowest BCUT2D eigenvalue weighted by atomic mass is 10.0. The third-order valence-corrected chi connectivity index (χ3v) is 6.37. The number of halogens is 4. The first-order valence-electron chi connectivity index (χ1n) is 13.4. The maximum atomic E-state index is 13.8. The molecule has 0 radical (unpaired) electrons. The van der Waals surface area contributed by atoms with Crippen LogP contribution in [0.25, 0.3) is 16.3 Å². The summed E-state index contributed by atoms with van der Waals surface area (Å²) in [6.07, 6.45) is -0.543. The van der Waals surface area contributed by atoms with Crippen molar-refractivity contribution in [2.45, 2.75) is 57.5 Å². The SMILES string of the molecule is C=C(c1nc(CCCNC(=O)c2cnn(CC(C)(C)O)c2)cc2c(N[C@@H](CF)CCN(C)C)cccc12)C(F)(F)F. The Hall–Kier alpha value is -3.51. The van der Waals surface area contributed by atoms with Crippen LogP contribution in [0.3, 0.4) is 0 Å². The number of allylic oxidation sites excluding steroid dienone is 1. The molecule has 0 unspecified atom stereocenters. The number of nitrogens with one attached hydrogen (secondary N) is 2. The number of benzene rings is 1. The molecule has 1 amide bonds. The Bertz CT molecular complexity index is 1350. The van der Waals surface area contributed by atoms with Crippen LogP contribution in [-0.2, 0) is 13.0 Å². The maximum Gasteiger partial charge on any atom is 0.417 e. The molecule has 3 N–H and O–H groups in total. The number of anilines is 1. The van der Waals surface area contributed by atoms with E-state index < -0.39 is 30.1 Å². The van der Waals surface area contributed by atoms with Crippen molar-refractivity contribution >= 4 is 27.9 Å². The van der Waals surface area contributed by atoms with Crippen molar-refractivity contribution in [3.05, 3.63) is 60.2 Å². The zero-order valence-corrected chi connectivity index (χ0v) is 23.9. The van der Waals surface area contributed by atoms with Crippen LogP contribution in [0.4, 0.5) is 23.2 Å². The molecule has 0 bridgehead atoms. The highest BCUT2D eigenvalue weighted by Crippen LogP contribution is 2.37. The van der Waals surface area contributed by atoms with Crippen LogP contribution in [0.2, 0.25) is 0 Å². The van der Waals surface area contributed by atoms with Crippen molar-refractivity contribution in [3.63, 3.8) is 0 Å². The summed E-state index contributed by atoms with van der Waals surface area (Å²) >= 11 is 0. The monoisotopic (exact) mass is 578 g/mol. The Kier molecular flexibility index (Phi) is 10.5. The first-order valence-corrected chi connectivity index (χ1v) is 13.4. The number of amides is 1. The number of pyridine rings is 1. The zero-order valence-electron chi connectivity index (χ0n) is 23.9. The predicted molar refractivity (Wildman–Crippen MR) is 153 cm³/mol. The van der Waals surface area contributed by atoms with Gasteiger partial charge in [-0.25, -0.2) is 4.39 Å². The number of carbonyl (C=O) groups is 1. The van der Waals surface area contributed by atoms with Gasteiger partial charge in [-0.15, -0.1) is 0 Å². The molecule has 3 aromatic rings. The van der Waals surface area contributed by atoms with Crippen LogP contribution in [0.5, 0.6) is 0 Å². The van der Waals surface area contributed by atoms with E-state index in [2.05, 4.69) is 27.3 Å². The van der Waals surface area contributed by atoms with Crippen LogP contribution < -0.4 is 10.6 Å². The number of hydrogen-bond donors (Lipinski definition) is 3.